The molecule has 0 aliphatic carbocycles. The van der Waals surface area contributed by atoms with Crippen LogP contribution in [-0.2, 0) is 0 Å². The minimum atomic E-state index is 0.596. The average molecular weight is 228 g/mol. The Labute approximate surface area is 89.6 Å². The van der Waals surface area contributed by atoms with Gasteiger partial charge in [-0.25, -0.2) is 0 Å². The largest absolute Gasteiger partial charge is 0.324 e. The molecule has 2 aromatic rings. The van der Waals surface area contributed by atoms with Crippen LogP contribution in [0.3, 0.4) is 0 Å². The van der Waals surface area contributed by atoms with Crippen LogP contribution in [0.25, 0.3) is 10.2 Å². The minimum absolute atomic E-state index is 0.596. The van der Waals surface area contributed by atoms with Crippen LogP contribution in [0.2, 0.25) is 0 Å². The molecule has 2 nitrogen and oxygen atoms in total. The summed E-state index contributed by atoms with van der Waals surface area (Å²) in [5.74, 6) is 0. The fraction of sp³-hybridized carbons (Fsp3) is 0.250. The zero-order valence-electron chi connectivity index (χ0n) is 7.22. The number of hydrogen-bond donors (Lipinski definition) is 2. The van der Waals surface area contributed by atoms with Gasteiger partial charge in [-0.05, 0) is 31.6 Å². The predicted molar refractivity (Wildman–Crippen MR) is 61.7 cm³/mol. The van der Waals surface area contributed by atoms with E-state index in [0.29, 0.717) is 4.77 Å². The smallest absolute Gasteiger partial charge is 0.176 e. The summed E-state index contributed by atoms with van der Waals surface area (Å²) in [6.07, 6.45) is 0. The zero-order chi connectivity index (χ0) is 9.59. The van der Waals surface area contributed by atoms with Crippen LogP contribution in [0.5, 0.6) is 0 Å². The summed E-state index contributed by atoms with van der Waals surface area (Å²) >= 11 is 11.9. The van der Waals surface area contributed by atoms with Gasteiger partial charge in [0.05, 0.1) is 0 Å². The molecule has 0 aromatic carbocycles. The molecule has 2 rings (SSSR count). The predicted octanol–water partition coefficient (Wildman–Crippen LogP) is 3.63. The molecule has 0 unspecified atom stereocenters. The van der Waals surface area contributed by atoms with E-state index in [1.165, 1.54) is 10.4 Å². The minimum Gasteiger partial charge on any atom is -0.324 e. The lowest BCUT2D eigenvalue weighted by atomic mass is 10.2. The second-order valence-electron chi connectivity index (χ2n) is 2.90. The molecule has 2 aromatic heterocycles. The molecule has 2 N–H and O–H groups in total. The van der Waals surface area contributed by atoms with E-state index in [9.17, 15) is 0 Å². The van der Waals surface area contributed by atoms with Gasteiger partial charge >= 0.3 is 0 Å². The molecule has 2 heterocycles. The highest BCUT2D eigenvalue weighted by Gasteiger charge is 2.06. The van der Waals surface area contributed by atoms with E-state index >= 15 is 0 Å². The van der Waals surface area contributed by atoms with Crippen molar-refractivity contribution in [2.24, 2.45) is 0 Å². The number of aromatic nitrogens is 2. The molecule has 13 heavy (non-hydrogen) atoms. The maximum absolute atomic E-state index is 5.21. The van der Waals surface area contributed by atoms with Crippen LogP contribution < -0.4 is 0 Å². The van der Waals surface area contributed by atoms with Crippen LogP contribution >= 0.6 is 35.8 Å². The summed E-state index contributed by atoms with van der Waals surface area (Å²) in [6.45, 7) is 4.17. The molecule has 0 spiro atoms. The van der Waals surface area contributed by atoms with Gasteiger partial charge in [0.2, 0.25) is 0 Å². The summed E-state index contributed by atoms with van der Waals surface area (Å²) in [7, 11) is 0. The summed E-state index contributed by atoms with van der Waals surface area (Å²) in [5, 5.41) is 1.10. The fourth-order valence-corrected chi connectivity index (χ4v) is 3.12. The lowest BCUT2D eigenvalue weighted by Crippen LogP contribution is -1.82. The van der Waals surface area contributed by atoms with Crippen LogP contribution in [0.1, 0.15) is 10.4 Å². The molecular formula is C8H8N2S3. The Morgan fingerprint density at radius 2 is 1.85 bits per heavy atom. The van der Waals surface area contributed by atoms with Gasteiger partial charge in [-0.1, -0.05) is 12.2 Å². The molecule has 0 saturated carbocycles. The van der Waals surface area contributed by atoms with E-state index in [0.717, 1.165) is 14.9 Å². The second-order valence-corrected chi connectivity index (χ2v) is 4.94. The summed E-state index contributed by atoms with van der Waals surface area (Å²) in [5.41, 5.74) is 1.24. The lowest BCUT2D eigenvalue weighted by molar-refractivity contribution is 1.18. The topological polar surface area (TPSA) is 31.6 Å². The third kappa shape index (κ3) is 1.37. The molecule has 0 aliphatic heterocycles. The van der Waals surface area contributed by atoms with Gasteiger partial charge in [0.1, 0.15) is 9.47 Å². The van der Waals surface area contributed by atoms with Crippen LogP contribution in [0.15, 0.2) is 0 Å². The van der Waals surface area contributed by atoms with Gasteiger partial charge in [-0.3, -0.25) is 0 Å². The highest BCUT2D eigenvalue weighted by Crippen LogP contribution is 2.28. The number of rotatable bonds is 0. The van der Waals surface area contributed by atoms with Crippen molar-refractivity contribution in [3.8, 4) is 0 Å². The Bertz CT molecular complexity index is 573. The summed E-state index contributed by atoms with van der Waals surface area (Å²) in [4.78, 5) is 8.41. The normalized spacial score (nSPS) is 10.9. The SMILES string of the molecule is Cc1sc2[nH]c(=S)[nH]c(=S)c2c1C. The third-order valence-electron chi connectivity index (χ3n) is 2.07. The Morgan fingerprint density at radius 3 is 2.54 bits per heavy atom. The average Bonchev–Trinajstić information content (AvgIpc) is 2.27. The second kappa shape index (κ2) is 3.01. The van der Waals surface area contributed by atoms with E-state index in [2.05, 4.69) is 23.8 Å². The Hall–Kier alpha value is -0.520. The van der Waals surface area contributed by atoms with Gasteiger partial charge in [0.25, 0.3) is 0 Å². The number of fused-ring (bicyclic) bond motifs is 1. The van der Waals surface area contributed by atoms with Gasteiger partial charge in [-0.15, -0.1) is 11.3 Å². The number of aryl methyl sites for hydroxylation is 2. The van der Waals surface area contributed by atoms with Gasteiger partial charge in [-0.2, -0.15) is 0 Å². The monoisotopic (exact) mass is 228 g/mol. The fourth-order valence-electron chi connectivity index (χ4n) is 1.29. The first-order chi connectivity index (χ1) is 6.09. The maximum Gasteiger partial charge on any atom is 0.176 e. The van der Waals surface area contributed by atoms with Crippen molar-refractivity contribution < 1.29 is 0 Å². The molecule has 0 atom stereocenters. The molecule has 68 valence electrons. The number of aromatic amines is 2. The highest BCUT2D eigenvalue weighted by molar-refractivity contribution is 7.72. The lowest BCUT2D eigenvalue weighted by Gasteiger charge is -1.92. The van der Waals surface area contributed by atoms with E-state index in [1.54, 1.807) is 11.3 Å². The summed E-state index contributed by atoms with van der Waals surface area (Å²) < 4.78 is 1.33. The number of H-pyrrole nitrogens is 2. The van der Waals surface area contributed by atoms with E-state index in [-0.39, 0.29) is 0 Å². The van der Waals surface area contributed by atoms with Crippen LogP contribution in [-0.4, -0.2) is 9.97 Å². The van der Waals surface area contributed by atoms with E-state index in [1.807, 2.05) is 0 Å². The Kier molecular flexibility index (Phi) is 2.09. The van der Waals surface area contributed by atoms with Crippen molar-refractivity contribution in [2.75, 3.05) is 0 Å². The van der Waals surface area contributed by atoms with Crippen molar-refractivity contribution in [1.82, 2.24) is 9.97 Å². The molecule has 0 saturated heterocycles. The molecule has 0 aliphatic rings. The highest BCUT2D eigenvalue weighted by atomic mass is 32.1. The first-order valence-corrected chi connectivity index (χ1v) is 5.45. The Morgan fingerprint density at radius 1 is 1.15 bits per heavy atom. The molecule has 0 radical (unpaired) electrons. The molecule has 0 fully saturated rings. The first-order valence-electron chi connectivity index (χ1n) is 3.82. The van der Waals surface area contributed by atoms with Crippen LogP contribution in [0, 0.1) is 23.3 Å². The first kappa shape index (κ1) is 9.05. The van der Waals surface area contributed by atoms with Crippen molar-refractivity contribution in [2.45, 2.75) is 13.8 Å². The molecular weight excluding hydrogens is 220 g/mol. The van der Waals surface area contributed by atoms with Crippen LogP contribution in [0.4, 0.5) is 0 Å². The number of thiophene rings is 1. The van der Waals surface area contributed by atoms with Gasteiger partial charge in [0.15, 0.2) is 4.77 Å². The summed E-state index contributed by atoms with van der Waals surface area (Å²) in [6, 6.07) is 0. The molecule has 0 amide bonds. The zero-order valence-corrected chi connectivity index (χ0v) is 9.67. The van der Waals surface area contributed by atoms with E-state index in [4.69, 9.17) is 24.4 Å². The quantitative estimate of drug-likeness (QED) is 0.675. The number of nitrogens with one attached hydrogen (secondary N) is 2. The third-order valence-corrected chi connectivity index (χ3v) is 3.70. The molecule has 5 heteroatoms. The van der Waals surface area contributed by atoms with E-state index < -0.39 is 0 Å². The molecule has 0 bridgehead atoms. The van der Waals surface area contributed by atoms with Crippen molar-refractivity contribution >= 4 is 46.0 Å². The Balaban J connectivity index is 3.12. The van der Waals surface area contributed by atoms with Crippen molar-refractivity contribution in [3.05, 3.63) is 19.9 Å². The number of hydrogen-bond acceptors (Lipinski definition) is 3. The van der Waals surface area contributed by atoms with Gasteiger partial charge < -0.3 is 9.97 Å². The van der Waals surface area contributed by atoms with Crippen molar-refractivity contribution in [3.63, 3.8) is 0 Å². The standard InChI is InChI=1S/C8H8N2S3/c1-3-4(2)13-7-5(3)6(11)9-8(12)10-7/h1-2H3,(H2,9,10,11,12). The van der Waals surface area contributed by atoms with Crippen molar-refractivity contribution in [1.29, 1.82) is 0 Å². The maximum atomic E-state index is 5.21. The van der Waals surface area contributed by atoms with Gasteiger partial charge in [0, 0.05) is 10.3 Å².